The lowest BCUT2D eigenvalue weighted by Crippen LogP contribution is -2.25. The quantitative estimate of drug-likeness (QED) is 0.0341. The van der Waals surface area contributed by atoms with Gasteiger partial charge in [-0.15, -0.1) is 0 Å². The standard InChI is InChI=1S/C74H154O2S4Si2/c1-7-13-17-21-25-29-33-37-41-45-49-53-57-61-65-73(81-75-11-5,66-62-58-54-50-46-42-38-34-30-26-22-18-14-8-2)69-71-77-79-80-78-72-70-74(82-76-12-6,67-63-59-55-51-47-43-39-35-31-27-23-19-15-9-3)68-64-60-56-52-48-44-40-36-32-28-24-20-16-10-4/h7-72,81-82H2,1-6H3. The van der Waals surface area contributed by atoms with Gasteiger partial charge in [0.25, 0.3) is 0 Å². The SMILES string of the molecule is CCCCCCCCCCCCCCCCC(CCCCCCCCCCCCCCCC)(CCSSSSCCC(CCCCCCCCCCCCCCCC)(CCCCCCCCCCCCCCCC)[SiH2]OCC)[SiH2]OCC. The first-order valence-corrected chi connectivity index (χ1v) is 46.0. The van der Waals surface area contributed by atoms with Crippen LogP contribution in [0.25, 0.3) is 0 Å². The second-order valence-electron chi connectivity index (χ2n) is 26.9. The molecule has 0 N–H and O–H groups in total. The van der Waals surface area contributed by atoms with E-state index in [1.165, 1.54) is 410 Å². The molecule has 0 rings (SSSR count). The van der Waals surface area contributed by atoms with Crippen LogP contribution in [-0.4, -0.2) is 44.2 Å². The highest BCUT2D eigenvalue weighted by Gasteiger charge is 2.31. The Morgan fingerprint density at radius 3 is 0.524 bits per heavy atom. The van der Waals surface area contributed by atoms with E-state index < -0.39 is 19.5 Å². The summed E-state index contributed by atoms with van der Waals surface area (Å²) in [6.45, 7) is 15.7. The van der Waals surface area contributed by atoms with Crippen molar-refractivity contribution in [3.05, 3.63) is 0 Å². The molecule has 0 saturated heterocycles. The van der Waals surface area contributed by atoms with Crippen LogP contribution in [-0.2, 0) is 8.85 Å². The van der Waals surface area contributed by atoms with Crippen LogP contribution >= 0.6 is 41.2 Å². The molecule has 0 saturated carbocycles. The summed E-state index contributed by atoms with van der Waals surface area (Å²) in [5.41, 5.74) is 0. The highest BCUT2D eigenvalue weighted by Crippen LogP contribution is 2.50. The summed E-state index contributed by atoms with van der Waals surface area (Å²) in [7, 11) is 7.46. The third kappa shape index (κ3) is 62.0. The highest BCUT2D eigenvalue weighted by atomic mass is 33.7. The maximum Gasteiger partial charge on any atom is 0.167 e. The Morgan fingerprint density at radius 1 is 0.207 bits per heavy atom. The van der Waals surface area contributed by atoms with E-state index in [1.807, 2.05) is 0 Å². The summed E-state index contributed by atoms with van der Waals surface area (Å²) in [5.74, 6) is 2.60. The van der Waals surface area contributed by atoms with Gasteiger partial charge in [0.05, 0.1) is 0 Å². The van der Waals surface area contributed by atoms with Gasteiger partial charge in [0, 0.05) is 24.7 Å². The molecule has 0 atom stereocenters. The fraction of sp³-hybridized carbons (Fsp3) is 1.00. The molecule has 82 heavy (non-hydrogen) atoms. The van der Waals surface area contributed by atoms with Gasteiger partial charge < -0.3 is 8.85 Å². The van der Waals surface area contributed by atoms with E-state index in [0.717, 1.165) is 13.2 Å². The number of unbranched alkanes of at least 4 members (excludes halogenated alkanes) is 52. The summed E-state index contributed by atoms with van der Waals surface area (Å²) in [5, 5.41) is 0.999. The first kappa shape index (κ1) is 83.8. The molecule has 8 heteroatoms. The third-order valence-corrected chi connectivity index (χ3v) is 30.1. The van der Waals surface area contributed by atoms with E-state index in [4.69, 9.17) is 8.85 Å². The smallest absolute Gasteiger partial charge is 0.167 e. The largest absolute Gasteiger partial charge is 0.424 e. The van der Waals surface area contributed by atoms with Crippen LogP contribution in [0.4, 0.5) is 0 Å². The highest BCUT2D eigenvalue weighted by molar-refractivity contribution is 9.26. The zero-order chi connectivity index (χ0) is 59.3. The Hall–Kier alpha value is 1.75. The number of hydrogen-bond donors (Lipinski definition) is 0. The summed E-state index contributed by atoms with van der Waals surface area (Å²) in [6, 6.07) is 0. The zero-order valence-electron chi connectivity index (χ0n) is 57.5. The van der Waals surface area contributed by atoms with Gasteiger partial charge in [0.1, 0.15) is 0 Å². The second-order valence-corrected chi connectivity index (χ2v) is 37.6. The molecule has 0 bridgehead atoms. The normalized spacial score (nSPS) is 12.5. The molecule has 0 aliphatic rings. The molecule has 0 amide bonds. The summed E-state index contributed by atoms with van der Waals surface area (Å²) >= 11 is 0. The van der Waals surface area contributed by atoms with Crippen LogP contribution in [0.15, 0.2) is 0 Å². The van der Waals surface area contributed by atoms with Crippen LogP contribution in [0.5, 0.6) is 0 Å². The van der Waals surface area contributed by atoms with Crippen molar-refractivity contribution in [2.24, 2.45) is 0 Å². The zero-order valence-corrected chi connectivity index (χ0v) is 63.6. The molecule has 0 aromatic heterocycles. The van der Waals surface area contributed by atoms with Crippen molar-refractivity contribution in [2.45, 2.75) is 450 Å². The fourth-order valence-electron chi connectivity index (χ4n) is 13.2. The average Bonchev–Trinajstić information content (AvgIpc) is 3.50. The molecule has 0 aliphatic heterocycles. The molecule has 2 nitrogen and oxygen atoms in total. The summed E-state index contributed by atoms with van der Waals surface area (Å²) < 4.78 is 13.2. The van der Waals surface area contributed by atoms with Gasteiger partial charge in [-0.2, -0.15) is 0 Å². The topological polar surface area (TPSA) is 18.5 Å². The van der Waals surface area contributed by atoms with Crippen molar-refractivity contribution in [3.63, 3.8) is 0 Å². The molecule has 0 aliphatic carbocycles. The predicted octanol–water partition coefficient (Wildman–Crippen LogP) is 28.5. The lowest BCUT2D eigenvalue weighted by Gasteiger charge is -2.34. The van der Waals surface area contributed by atoms with Crippen molar-refractivity contribution in [1.29, 1.82) is 0 Å². The molecule has 494 valence electrons. The minimum absolute atomic E-state index is 0.500. The lowest BCUT2D eigenvalue weighted by molar-refractivity contribution is 0.305. The van der Waals surface area contributed by atoms with Crippen LogP contribution in [0.3, 0.4) is 0 Å². The minimum atomic E-state index is -0.564. The third-order valence-electron chi connectivity index (χ3n) is 19.0. The monoisotopic (exact) mass is 1260 g/mol. The maximum absolute atomic E-state index is 6.58. The lowest BCUT2D eigenvalue weighted by atomic mass is 9.90. The minimum Gasteiger partial charge on any atom is -0.424 e. The van der Waals surface area contributed by atoms with Gasteiger partial charge in [-0.05, 0) is 82.1 Å². The molecule has 0 radical (unpaired) electrons. The van der Waals surface area contributed by atoms with Crippen molar-refractivity contribution < 1.29 is 8.85 Å². The van der Waals surface area contributed by atoms with Crippen LogP contribution in [0.2, 0.25) is 10.1 Å². The molecule has 0 spiro atoms. The first-order valence-electron chi connectivity index (χ1n) is 38.3. The van der Waals surface area contributed by atoms with Crippen molar-refractivity contribution in [3.8, 4) is 0 Å². The predicted molar refractivity (Wildman–Crippen MR) is 395 cm³/mol. The Labute approximate surface area is 540 Å². The molecule has 0 unspecified atom stereocenters. The maximum atomic E-state index is 6.58. The molecule has 0 aromatic rings. The van der Waals surface area contributed by atoms with Crippen LogP contribution in [0, 0.1) is 0 Å². The number of hydrogen-bond acceptors (Lipinski definition) is 6. The number of rotatable bonds is 75. The first-order chi connectivity index (χ1) is 40.6. The van der Waals surface area contributed by atoms with E-state index in [0.29, 0.717) is 10.1 Å². The second kappa shape index (κ2) is 71.8. The van der Waals surface area contributed by atoms with Gasteiger partial charge in [-0.1, -0.05) is 409 Å². The van der Waals surface area contributed by atoms with E-state index in [-0.39, 0.29) is 0 Å². The molecule has 0 fully saturated rings. The molecular formula is C74H154O2S4Si2. The van der Waals surface area contributed by atoms with E-state index in [2.05, 4.69) is 82.8 Å². The Kier molecular flexibility index (Phi) is 73.4. The van der Waals surface area contributed by atoms with Crippen molar-refractivity contribution in [2.75, 3.05) is 24.7 Å². The van der Waals surface area contributed by atoms with Gasteiger partial charge in [0.2, 0.25) is 0 Å². The van der Waals surface area contributed by atoms with Gasteiger partial charge in [0.15, 0.2) is 19.5 Å². The van der Waals surface area contributed by atoms with E-state index >= 15 is 0 Å². The van der Waals surface area contributed by atoms with Gasteiger partial charge >= 0.3 is 0 Å². The van der Waals surface area contributed by atoms with E-state index in [9.17, 15) is 0 Å². The molecule has 0 aromatic carbocycles. The van der Waals surface area contributed by atoms with Crippen molar-refractivity contribution >= 4 is 60.8 Å². The summed E-state index contributed by atoms with van der Waals surface area (Å²) in [6.07, 6.45) is 89.8. The van der Waals surface area contributed by atoms with Crippen molar-refractivity contribution in [1.82, 2.24) is 0 Å². The van der Waals surface area contributed by atoms with Gasteiger partial charge in [-0.3, -0.25) is 0 Å². The summed E-state index contributed by atoms with van der Waals surface area (Å²) in [4.78, 5) is 0. The van der Waals surface area contributed by atoms with Crippen LogP contribution < -0.4 is 0 Å². The molecule has 0 heterocycles. The van der Waals surface area contributed by atoms with Crippen LogP contribution in [0.1, 0.15) is 440 Å². The molecular weight excluding hydrogens is 1110 g/mol. The van der Waals surface area contributed by atoms with Gasteiger partial charge in [-0.25, -0.2) is 0 Å². The fourth-order valence-corrected chi connectivity index (χ4v) is 23.7. The average molecular weight is 1260 g/mol. The van der Waals surface area contributed by atoms with E-state index in [1.54, 1.807) is 0 Å². The Bertz CT molecular complexity index is 1000. The Balaban J connectivity index is 5.25. The Morgan fingerprint density at radius 2 is 0.366 bits per heavy atom.